The molecule has 0 aliphatic rings. The molecule has 0 heteroatoms. The topological polar surface area (TPSA) is 0 Å². The van der Waals surface area contributed by atoms with Crippen LogP contribution in [-0.2, 0) is 0 Å². The Morgan fingerprint density at radius 3 is 2.33 bits per heavy atom. The van der Waals surface area contributed by atoms with E-state index in [0.717, 1.165) is 5.92 Å². The molecule has 0 nitrogen and oxygen atoms in total. The van der Waals surface area contributed by atoms with Gasteiger partial charge in [0.05, 0.1) is 0 Å². The predicted octanol–water partition coefficient (Wildman–Crippen LogP) is 3.39. The van der Waals surface area contributed by atoms with Crippen molar-refractivity contribution in [3.05, 3.63) is 11.6 Å². The van der Waals surface area contributed by atoms with Crippen molar-refractivity contribution in [1.29, 1.82) is 0 Å². The average Bonchev–Trinajstić information content (AvgIpc) is 1.63. The maximum atomic E-state index is 2.31. The largest absolute Gasteiger partial charge is 0.0859 e. The van der Waals surface area contributed by atoms with Crippen LogP contribution in [0, 0.1) is 5.92 Å². The molecule has 0 unspecified atom stereocenters. The first kappa shape index (κ1) is 8.74. The summed E-state index contributed by atoms with van der Waals surface area (Å²) in [7, 11) is 0. The van der Waals surface area contributed by atoms with Crippen LogP contribution in [0.5, 0.6) is 0 Å². The predicted molar refractivity (Wildman–Crippen MR) is 43.5 cm³/mol. The molecule has 0 saturated heterocycles. The van der Waals surface area contributed by atoms with E-state index in [1.165, 1.54) is 18.4 Å². The molecule has 0 aromatic heterocycles. The van der Waals surface area contributed by atoms with Crippen molar-refractivity contribution in [2.75, 3.05) is 0 Å². The van der Waals surface area contributed by atoms with Gasteiger partial charge in [-0.25, -0.2) is 0 Å². The van der Waals surface area contributed by atoms with E-state index in [1.807, 2.05) is 0 Å². The summed E-state index contributed by atoms with van der Waals surface area (Å²) in [4.78, 5) is 0. The SMILES string of the molecule is CC/C=C(\C)CC(C)C. The second-order valence-corrected chi connectivity index (χ2v) is 3.06. The highest BCUT2D eigenvalue weighted by Gasteiger charge is 1.92. The molecular weight excluding hydrogens is 108 g/mol. The Morgan fingerprint density at radius 2 is 2.00 bits per heavy atom. The number of hydrogen-bond acceptors (Lipinski definition) is 0. The van der Waals surface area contributed by atoms with Gasteiger partial charge < -0.3 is 0 Å². The molecule has 9 heavy (non-hydrogen) atoms. The summed E-state index contributed by atoms with van der Waals surface area (Å²) in [5.74, 6) is 0.813. The van der Waals surface area contributed by atoms with E-state index in [2.05, 4.69) is 33.8 Å². The highest BCUT2D eigenvalue weighted by Crippen LogP contribution is 2.09. The van der Waals surface area contributed by atoms with Crippen molar-refractivity contribution >= 4 is 0 Å². The molecule has 0 saturated carbocycles. The van der Waals surface area contributed by atoms with Gasteiger partial charge in [-0.05, 0) is 25.7 Å². The van der Waals surface area contributed by atoms with Gasteiger partial charge in [-0.3, -0.25) is 0 Å². The van der Waals surface area contributed by atoms with Gasteiger partial charge in [0, 0.05) is 0 Å². The van der Waals surface area contributed by atoms with Crippen LogP contribution in [0.4, 0.5) is 0 Å². The van der Waals surface area contributed by atoms with E-state index in [-0.39, 0.29) is 0 Å². The van der Waals surface area contributed by atoms with Crippen molar-refractivity contribution in [3.8, 4) is 0 Å². The highest BCUT2D eigenvalue weighted by atomic mass is 14.0. The van der Waals surface area contributed by atoms with Crippen LogP contribution >= 0.6 is 0 Å². The summed E-state index contributed by atoms with van der Waals surface area (Å²) < 4.78 is 0. The maximum Gasteiger partial charge on any atom is -0.0300 e. The summed E-state index contributed by atoms with van der Waals surface area (Å²) in [6, 6.07) is 0. The van der Waals surface area contributed by atoms with Crippen LogP contribution in [0.1, 0.15) is 40.5 Å². The number of allylic oxidation sites excluding steroid dienone is 2. The zero-order valence-electron chi connectivity index (χ0n) is 7.07. The molecule has 0 rings (SSSR count). The molecule has 0 aromatic carbocycles. The van der Waals surface area contributed by atoms with Gasteiger partial charge in [0.1, 0.15) is 0 Å². The third-order valence-electron chi connectivity index (χ3n) is 1.28. The summed E-state index contributed by atoms with van der Waals surface area (Å²) in [5, 5.41) is 0. The normalized spacial score (nSPS) is 12.8. The molecule has 0 radical (unpaired) electrons. The molecule has 0 aromatic rings. The van der Waals surface area contributed by atoms with Gasteiger partial charge in [0.2, 0.25) is 0 Å². The van der Waals surface area contributed by atoms with Gasteiger partial charge in [-0.2, -0.15) is 0 Å². The maximum absolute atomic E-state index is 2.31. The molecule has 0 N–H and O–H groups in total. The van der Waals surface area contributed by atoms with Gasteiger partial charge in [-0.15, -0.1) is 0 Å². The van der Waals surface area contributed by atoms with Crippen molar-refractivity contribution in [2.45, 2.75) is 40.5 Å². The molecule has 0 heterocycles. The summed E-state index contributed by atoms with van der Waals surface area (Å²) in [5.41, 5.74) is 1.53. The minimum absolute atomic E-state index is 0.813. The molecule has 54 valence electrons. The number of hydrogen-bond donors (Lipinski definition) is 0. The third kappa shape index (κ3) is 5.61. The fourth-order valence-corrected chi connectivity index (χ4v) is 1.08. The Morgan fingerprint density at radius 1 is 1.44 bits per heavy atom. The van der Waals surface area contributed by atoms with Crippen LogP contribution in [0.15, 0.2) is 11.6 Å². The molecule has 0 bridgehead atoms. The first-order valence-corrected chi connectivity index (χ1v) is 3.82. The van der Waals surface area contributed by atoms with Gasteiger partial charge >= 0.3 is 0 Å². The van der Waals surface area contributed by atoms with Gasteiger partial charge in [0.25, 0.3) is 0 Å². The zero-order chi connectivity index (χ0) is 7.28. The van der Waals surface area contributed by atoms with Crippen LogP contribution in [-0.4, -0.2) is 0 Å². The first-order chi connectivity index (χ1) is 4.16. The summed E-state index contributed by atoms with van der Waals surface area (Å²) in [6.45, 7) is 8.91. The lowest BCUT2D eigenvalue weighted by molar-refractivity contribution is 0.640. The van der Waals surface area contributed by atoms with E-state index >= 15 is 0 Å². The smallest absolute Gasteiger partial charge is 0.0300 e. The van der Waals surface area contributed by atoms with E-state index in [0.29, 0.717) is 0 Å². The fraction of sp³-hybridized carbons (Fsp3) is 0.778. The minimum atomic E-state index is 0.813. The lowest BCUT2D eigenvalue weighted by Crippen LogP contribution is -1.87. The van der Waals surface area contributed by atoms with Crippen molar-refractivity contribution in [2.24, 2.45) is 5.92 Å². The molecule has 0 aliphatic carbocycles. The Bertz CT molecular complexity index is 88.2. The van der Waals surface area contributed by atoms with E-state index in [1.54, 1.807) is 0 Å². The average molecular weight is 126 g/mol. The summed E-state index contributed by atoms with van der Waals surface area (Å²) >= 11 is 0. The first-order valence-electron chi connectivity index (χ1n) is 3.82. The van der Waals surface area contributed by atoms with Gasteiger partial charge in [0.15, 0.2) is 0 Å². The molecule has 0 amide bonds. The van der Waals surface area contributed by atoms with Crippen molar-refractivity contribution < 1.29 is 0 Å². The minimum Gasteiger partial charge on any atom is -0.0859 e. The lowest BCUT2D eigenvalue weighted by Gasteiger charge is -2.02. The lowest BCUT2D eigenvalue weighted by atomic mass is 10.0. The quantitative estimate of drug-likeness (QED) is 0.508. The van der Waals surface area contributed by atoms with Crippen LogP contribution in [0.3, 0.4) is 0 Å². The third-order valence-corrected chi connectivity index (χ3v) is 1.28. The van der Waals surface area contributed by atoms with Crippen molar-refractivity contribution in [3.63, 3.8) is 0 Å². The summed E-state index contributed by atoms with van der Waals surface area (Å²) in [6.07, 6.45) is 4.74. The molecule has 0 fully saturated rings. The van der Waals surface area contributed by atoms with E-state index in [9.17, 15) is 0 Å². The Hall–Kier alpha value is -0.260. The van der Waals surface area contributed by atoms with Crippen LogP contribution < -0.4 is 0 Å². The van der Waals surface area contributed by atoms with E-state index in [4.69, 9.17) is 0 Å². The Balaban J connectivity index is 3.49. The molecular formula is C9H18. The Kier molecular flexibility index (Phi) is 4.47. The van der Waals surface area contributed by atoms with Crippen LogP contribution in [0.2, 0.25) is 0 Å². The van der Waals surface area contributed by atoms with Gasteiger partial charge in [-0.1, -0.05) is 32.4 Å². The molecule has 0 spiro atoms. The highest BCUT2D eigenvalue weighted by molar-refractivity contribution is 4.97. The Labute approximate surface area is 59.0 Å². The van der Waals surface area contributed by atoms with Crippen molar-refractivity contribution in [1.82, 2.24) is 0 Å². The molecule has 0 atom stereocenters. The second-order valence-electron chi connectivity index (χ2n) is 3.06. The fourth-order valence-electron chi connectivity index (χ4n) is 1.08. The molecule has 0 aliphatic heterocycles. The second kappa shape index (κ2) is 4.60. The standard InChI is InChI=1S/C9H18/c1-5-6-9(4)7-8(2)3/h6,8H,5,7H2,1-4H3/b9-6+. The van der Waals surface area contributed by atoms with Crippen LogP contribution in [0.25, 0.3) is 0 Å². The number of rotatable bonds is 3. The zero-order valence-corrected chi connectivity index (χ0v) is 7.07. The van der Waals surface area contributed by atoms with E-state index < -0.39 is 0 Å². The monoisotopic (exact) mass is 126 g/mol.